The summed E-state index contributed by atoms with van der Waals surface area (Å²) in [7, 11) is 0. The highest BCUT2D eigenvalue weighted by molar-refractivity contribution is 6.00. The van der Waals surface area contributed by atoms with Crippen LogP contribution < -0.4 is 10.1 Å². The molecule has 0 saturated carbocycles. The first kappa shape index (κ1) is 16.0. The van der Waals surface area contributed by atoms with Gasteiger partial charge in [-0.25, -0.2) is 0 Å². The Balaban J connectivity index is 1.94. The maximum atomic E-state index is 11.9. The van der Waals surface area contributed by atoms with Crippen molar-refractivity contribution in [2.75, 3.05) is 0 Å². The summed E-state index contributed by atoms with van der Waals surface area (Å²) in [4.78, 5) is 23.8. The number of benzene rings is 2. The predicted octanol–water partition coefficient (Wildman–Crippen LogP) is 4.52. The number of amides is 1. The number of fused-ring (bicyclic) bond motifs is 1. The molecule has 4 heteroatoms. The molecule has 0 bridgehead atoms. The lowest BCUT2D eigenvalue weighted by Gasteiger charge is -2.11. The van der Waals surface area contributed by atoms with Crippen molar-refractivity contribution in [3.05, 3.63) is 65.2 Å². The number of rotatable bonds is 4. The molecule has 1 aliphatic heterocycles. The molecule has 0 saturated heterocycles. The average Bonchev–Trinajstić information content (AvgIpc) is 2.81. The van der Waals surface area contributed by atoms with Gasteiger partial charge >= 0.3 is 0 Å². The highest BCUT2D eigenvalue weighted by Crippen LogP contribution is 2.32. The van der Waals surface area contributed by atoms with Crippen LogP contribution in [0.4, 0.5) is 0 Å². The van der Waals surface area contributed by atoms with Crippen molar-refractivity contribution in [2.45, 2.75) is 26.8 Å². The molecule has 1 N–H and O–H groups in total. The minimum absolute atomic E-state index is 0.0146. The molecule has 24 heavy (non-hydrogen) atoms. The fourth-order valence-electron chi connectivity index (χ4n) is 2.91. The molecule has 3 rings (SSSR count). The van der Waals surface area contributed by atoms with Crippen LogP contribution in [0.1, 0.15) is 58.7 Å². The van der Waals surface area contributed by atoms with Gasteiger partial charge in [0, 0.05) is 11.1 Å². The molecular weight excluding hydrogens is 302 g/mol. The first-order chi connectivity index (χ1) is 11.4. The van der Waals surface area contributed by atoms with Crippen molar-refractivity contribution in [1.82, 2.24) is 5.32 Å². The maximum absolute atomic E-state index is 11.9. The van der Waals surface area contributed by atoms with E-state index in [1.54, 1.807) is 18.2 Å². The topological polar surface area (TPSA) is 55.4 Å². The van der Waals surface area contributed by atoms with E-state index in [0.29, 0.717) is 22.6 Å². The SMILES string of the molecule is C=C(C)c1ccc(Oc2ccc3c(c2)C(=O)NC3C)cc1C(C)=O. The van der Waals surface area contributed by atoms with E-state index in [1.165, 1.54) is 6.92 Å². The Morgan fingerprint density at radius 2 is 1.75 bits per heavy atom. The van der Waals surface area contributed by atoms with Crippen molar-refractivity contribution >= 4 is 17.3 Å². The Hall–Kier alpha value is -2.88. The quantitative estimate of drug-likeness (QED) is 0.842. The van der Waals surface area contributed by atoms with Crippen molar-refractivity contribution in [2.24, 2.45) is 0 Å². The van der Waals surface area contributed by atoms with E-state index >= 15 is 0 Å². The third-order valence-corrected chi connectivity index (χ3v) is 4.15. The minimum Gasteiger partial charge on any atom is -0.457 e. The molecule has 0 fully saturated rings. The van der Waals surface area contributed by atoms with Crippen LogP contribution in [-0.2, 0) is 0 Å². The summed E-state index contributed by atoms with van der Waals surface area (Å²) in [6, 6.07) is 10.8. The van der Waals surface area contributed by atoms with Crippen LogP contribution in [0, 0.1) is 0 Å². The molecule has 4 nitrogen and oxygen atoms in total. The van der Waals surface area contributed by atoms with Gasteiger partial charge in [0.25, 0.3) is 5.91 Å². The summed E-state index contributed by atoms with van der Waals surface area (Å²) in [5.41, 5.74) is 3.82. The van der Waals surface area contributed by atoms with Crippen LogP contribution in [0.25, 0.3) is 5.57 Å². The zero-order valence-corrected chi connectivity index (χ0v) is 14.0. The maximum Gasteiger partial charge on any atom is 0.252 e. The second-order valence-electron chi connectivity index (χ2n) is 6.09. The Morgan fingerprint density at radius 3 is 2.42 bits per heavy atom. The summed E-state index contributed by atoms with van der Waals surface area (Å²) < 4.78 is 5.85. The van der Waals surface area contributed by atoms with Crippen molar-refractivity contribution in [3.63, 3.8) is 0 Å². The monoisotopic (exact) mass is 321 g/mol. The van der Waals surface area contributed by atoms with E-state index in [-0.39, 0.29) is 17.7 Å². The average molecular weight is 321 g/mol. The number of carbonyl (C=O) groups excluding carboxylic acids is 2. The summed E-state index contributed by atoms with van der Waals surface area (Å²) in [5.74, 6) is 0.984. The van der Waals surface area contributed by atoms with E-state index in [0.717, 1.165) is 16.7 Å². The van der Waals surface area contributed by atoms with E-state index < -0.39 is 0 Å². The molecule has 2 aromatic rings. The highest BCUT2D eigenvalue weighted by Gasteiger charge is 2.25. The van der Waals surface area contributed by atoms with E-state index in [4.69, 9.17) is 4.74 Å². The van der Waals surface area contributed by atoms with Crippen LogP contribution in [0.2, 0.25) is 0 Å². The van der Waals surface area contributed by atoms with Gasteiger partial charge in [0.2, 0.25) is 0 Å². The number of hydrogen-bond acceptors (Lipinski definition) is 3. The molecule has 0 spiro atoms. The second kappa shape index (κ2) is 5.96. The van der Waals surface area contributed by atoms with Crippen LogP contribution in [0.15, 0.2) is 43.0 Å². The molecule has 1 atom stereocenters. The van der Waals surface area contributed by atoms with Gasteiger partial charge in [0.1, 0.15) is 11.5 Å². The molecule has 2 aromatic carbocycles. The first-order valence-electron chi connectivity index (χ1n) is 7.80. The van der Waals surface area contributed by atoms with Gasteiger partial charge < -0.3 is 10.1 Å². The normalized spacial score (nSPS) is 15.6. The number of ketones is 1. The fraction of sp³-hybridized carbons (Fsp3) is 0.200. The Kier molecular flexibility index (Phi) is 3.97. The predicted molar refractivity (Wildman–Crippen MR) is 93.6 cm³/mol. The van der Waals surface area contributed by atoms with Gasteiger partial charge in [0.15, 0.2) is 5.78 Å². The van der Waals surface area contributed by atoms with Gasteiger partial charge in [-0.15, -0.1) is 0 Å². The van der Waals surface area contributed by atoms with E-state index in [2.05, 4.69) is 11.9 Å². The van der Waals surface area contributed by atoms with Crippen molar-refractivity contribution < 1.29 is 14.3 Å². The zero-order chi connectivity index (χ0) is 17.4. The van der Waals surface area contributed by atoms with Crippen molar-refractivity contribution in [3.8, 4) is 11.5 Å². The van der Waals surface area contributed by atoms with Gasteiger partial charge in [-0.2, -0.15) is 0 Å². The molecule has 1 heterocycles. The molecule has 0 aromatic heterocycles. The molecule has 1 aliphatic rings. The van der Waals surface area contributed by atoms with Crippen LogP contribution in [-0.4, -0.2) is 11.7 Å². The highest BCUT2D eigenvalue weighted by atomic mass is 16.5. The molecule has 1 unspecified atom stereocenters. The number of ether oxygens (including phenoxy) is 1. The standard InChI is InChI=1S/C20H19NO3/c1-11(2)16-7-5-14(9-18(16)13(4)22)24-15-6-8-17-12(3)21-20(23)19(17)10-15/h5-10,12H,1H2,2-4H3,(H,21,23). The number of hydrogen-bond donors (Lipinski definition) is 1. The lowest BCUT2D eigenvalue weighted by molar-refractivity contribution is 0.0957. The zero-order valence-electron chi connectivity index (χ0n) is 14.0. The molecule has 1 amide bonds. The Bertz CT molecular complexity index is 867. The third kappa shape index (κ3) is 2.83. The van der Waals surface area contributed by atoms with Crippen molar-refractivity contribution in [1.29, 1.82) is 0 Å². The van der Waals surface area contributed by atoms with Crippen LogP contribution >= 0.6 is 0 Å². The summed E-state index contributed by atoms with van der Waals surface area (Å²) >= 11 is 0. The van der Waals surface area contributed by atoms with Crippen LogP contribution in [0.5, 0.6) is 11.5 Å². The number of Topliss-reactive ketones (excluding diaryl/α,β-unsaturated/α-hetero) is 1. The van der Waals surface area contributed by atoms with Gasteiger partial charge in [-0.1, -0.05) is 24.3 Å². The molecular formula is C20H19NO3. The van der Waals surface area contributed by atoms with Gasteiger partial charge in [0.05, 0.1) is 6.04 Å². The van der Waals surface area contributed by atoms with Gasteiger partial charge in [-0.05, 0) is 56.2 Å². The third-order valence-electron chi connectivity index (χ3n) is 4.15. The largest absolute Gasteiger partial charge is 0.457 e. The lowest BCUT2D eigenvalue weighted by atomic mass is 9.99. The smallest absolute Gasteiger partial charge is 0.252 e. The minimum atomic E-state index is -0.0926. The molecule has 122 valence electrons. The van der Waals surface area contributed by atoms with Crippen LogP contribution in [0.3, 0.4) is 0 Å². The summed E-state index contributed by atoms with van der Waals surface area (Å²) in [6.07, 6.45) is 0. The van der Waals surface area contributed by atoms with Gasteiger partial charge in [-0.3, -0.25) is 9.59 Å². The Morgan fingerprint density at radius 1 is 1.08 bits per heavy atom. The molecule has 0 radical (unpaired) electrons. The van der Waals surface area contributed by atoms with E-state index in [1.807, 2.05) is 32.0 Å². The number of allylic oxidation sites excluding steroid dienone is 1. The summed E-state index contributed by atoms with van der Waals surface area (Å²) in [5, 5.41) is 2.87. The second-order valence-corrected chi connectivity index (χ2v) is 6.09. The lowest BCUT2D eigenvalue weighted by Crippen LogP contribution is -2.16. The fourth-order valence-corrected chi connectivity index (χ4v) is 2.91. The summed E-state index contributed by atoms with van der Waals surface area (Å²) in [6.45, 7) is 9.23. The number of nitrogens with one attached hydrogen (secondary N) is 1. The Labute approximate surface area is 141 Å². The number of carbonyl (C=O) groups is 2. The molecule has 0 aliphatic carbocycles. The first-order valence-corrected chi connectivity index (χ1v) is 7.80. The van der Waals surface area contributed by atoms with E-state index in [9.17, 15) is 9.59 Å².